The molecule has 0 unspecified atom stereocenters. The van der Waals surface area contributed by atoms with Crippen molar-refractivity contribution in [1.82, 2.24) is 4.98 Å². The highest BCUT2D eigenvalue weighted by atomic mass is 16.5. The smallest absolute Gasteiger partial charge is 0.337 e. The lowest BCUT2D eigenvalue weighted by molar-refractivity contribution is 0.0697. The molecule has 1 aromatic heterocycles. The summed E-state index contributed by atoms with van der Waals surface area (Å²) in [5.41, 5.74) is 1.67. The van der Waals surface area contributed by atoms with Gasteiger partial charge in [-0.1, -0.05) is 12.1 Å². The summed E-state index contributed by atoms with van der Waals surface area (Å²) < 4.78 is 5.05. The van der Waals surface area contributed by atoms with Gasteiger partial charge in [0.2, 0.25) is 0 Å². The van der Waals surface area contributed by atoms with Crippen molar-refractivity contribution in [2.24, 2.45) is 0 Å². The van der Waals surface area contributed by atoms with Gasteiger partial charge in [0, 0.05) is 12.4 Å². The molecule has 17 heavy (non-hydrogen) atoms. The maximum Gasteiger partial charge on any atom is 0.337 e. The van der Waals surface area contributed by atoms with Crippen molar-refractivity contribution in [2.45, 2.75) is 0 Å². The predicted molar refractivity (Wildman–Crippen MR) is 63.2 cm³/mol. The Kier molecular flexibility index (Phi) is 3.05. The molecule has 0 atom stereocenters. The van der Waals surface area contributed by atoms with Crippen LogP contribution >= 0.6 is 0 Å². The molecule has 0 radical (unpaired) electrons. The highest BCUT2D eigenvalue weighted by Gasteiger charge is 2.11. The number of benzene rings is 1. The molecule has 0 aliphatic carbocycles. The van der Waals surface area contributed by atoms with Gasteiger partial charge in [-0.25, -0.2) is 4.79 Å². The lowest BCUT2D eigenvalue weighted by Crippen LogP contribution is -2.00. The maximum atomic E-state index is 11.1. The van der Waals surface area contributed by atoms with E-state index < -0.39 is 5.97 Å². The number of carboxylic acids is 1. The molecule has 1 heterocycles. The van der Waals surface area contributed by atoms with E-state index in [9.17, 15) is 4.79 Å². The molecule has 0 aliphatic heterocycles. The molecule has 86 valence electrons. The zero-order valence-electron chi connectivity index (χ0n) is 9.25. The van der Waals surface area contributed by atoms with E-state index in [0.717, 1.165) is 11.3 Å². The van der Waals surface area contributed by atoms with Crippen LogP contribution in [0.3, 0.4) is 0 Å². The second kappa shape index (κ2) is 4.65. The Bertz CT molecular complexity index is 535. The third-order valence-corrected chi connectivity index (χ3v) is 2.45. The minimum atomic E-state index is -0.982. The number of hydrogen-bond acceptors (Lipinski definition) is 3. The average Bonchev–Trinajstić information content (AvgIpc) is 2.39. The van der Waals surface area contributed by atoms with Gasteiger partial charge in [0.1, 0.15) is 5.75 Å². The normalized spacial score (nSPS) is 9.94. The maximum absolute atomic E-state index is 11.1. The molecule has 0 bridgehead atoms. The van der Waals surface area contributed by atoms with Crippen LogP contribution in [0, 0.1) is 0 Å². The third kappa shape index (κ3) is 2.25. The molecule has 4 nitrogen and oxygen atoms in total. The Morgan fingerprint density at radius 2 is 1.94 bits per heavy atom. The zero-order valence-corrected chi connectivity index (χ0v) is 9.25. The van der Waals surface area contributed by atoms with Crippen LogP contribution in [0.5, 0.6) is 5.75 Å². The Balaban J connectivity index is 2.48. The highest BCUT2D eigenvalue weighted by Crippen LogP contribution is 2.25. The summed E-state index contributed by atoms with van der Waals surface area (Å²) in [7, 11) is 1.59. The lowest BCUT2D eigenvalue weighted by atomic mass is 10.0. The minimum absolute atomic E-state index is 0.192. The first-order valence-corrected chi connectivity index (χ1v) is 5.04. The van der Waals surface area contributed by atoms with Gasteiger partial charge in [-0.3, -0.25) is 4.98 Å². The summed E-state index contributed by atoms with van der Waals surface area (Å²) in [5.74, 6) is -0.247. The molecule has 2 rings (SSSR count). The van der Waals surface area contributed by atoms with Crippen molar-refractivity contribution in [1.29, 1.82) is 0 Å². The van der Waals surface area contributed by atoms with Crippen LogP contribution in [0.2, 0.25) is 0 Å². The van der Waals surface area contributed by atoms with E-state index in [0.29, 0.717) is 5.56 Å². The molecule has 1 aromatic carbocycles. The van der Waals surface area contributed by atoms with E-state index in [1.165, 1.54) is 6.20 Å². The van der Waals surface area contributed by atoms with Gasteiger partial charge in [-0.15, -0.1) is 0 Å². The predicted octanol–water partition coefficient (Wildman–Crippen LogP) is 2.46. The van der Waals surface area contributed by atoms with Gasteiger partial charge in [0.05, 0.1) is 12.7 Å². The van der Waals surface area contributed by atoms with Crippen molar-refractivity contribution in [2.75, 3.05) is 7.11 Å². The Hall–Kier alpha value is -2.36. The van der Waals surface area contributed by atoms with Crippen LogP contribution in [0.1, 0.15) is 10.4 Å². The molecule has 0 saturated heterocycles. The number of aromatic carboxylic acids is 1. The topological polar surface area (TPSA) is 59.4 Å². The van der Waals surface area contributed by atoms with E-state index >= 15 is 0 Å². The summed E-state index contributed by atoms with van der Waals surface area (Å²) >= 11 is 0. The van der Waals surface area contributed by atoms with Gasteiger partial charge >= 0.3 is 5.97 Å². The molecular formula is C13H11NO3. The van der Waals surface area contributed by atoms with Crippen molar-refractivity contribution in [3.05, 3.63) is 48.3 Å². The largest absolute Gasteiger partial charge is 0.497 e. The van der Waals surface area contributed by atoms with Gasteiger partial charge in [0.15, 0.2) is 0 Å². The summed E-state index contributed by atoms with van der Waals surface area (Å²) in [5, 5.41) is 9.06. The first kappa shape index (κ1) is 11.1. The number of hydrogen-bond donors (Lipinski definition) is 1. The molecule has 4 heteroatoms. The fraction of sp³-hybridized carbons (Fsp3) is 0.0769. The summed E-state index contributed by atoms with van der Waals surface area (Å²) in [6.07, 6.45) is 2.92. The van der Waals surface area contributed by atoms with Crippen LogP contribution in [-0.2, 0) is 0 Å². The van der Waals surface area contributed by atoms with Crippen LogP contribution in [-0.4, -0.2) is 23.2 Å². The molecule has 0 saturated carbocycles. The number of aromatic nitrogens is 1. The molecule has 0 spiro atoms. The fourth-order valence-electron chi connectivity index (χ4n) is 1.59. The van der Waals surface area contributed by atoms with Crippen molar-refractivity contribution >= 4 is 5.97 Å². The summed E-state index contributed by atoms with van der Waals surface area (Å²) in [6, 6.07) is 8.91. The quantitative estimate of drug-likeness (QED) is 0.878. The highest BCUT2D eigenvalue weighted by molar-refractivity contribution is 5.95. The standard InChI is InChI=1S/C13H11NO3/c1-17-10-4-2-9(3-5-10)11-6-7-14-8-12(11)13(15)16/h2-8H,1H3,(H,15,16). The molecule has 0 amide bonds. The first-order valence-electron chi connectivity index (χ1n) is 5.04. The van der Waals surface area contributed by atoms with Crippen molar-refractivity contribution < 1.29 is 14.6 Å². The van der Waals surface area contributed by atoms with Crippen LogP contribution in [0.4, 0.5) is 0 Å². The van der Waals surface area contributed by atoms with Crippen LogP contribution in [0.25, 0.3) is 11.1 Å². The van der Waals surface area contributed by atoms with Gasteiger partial charge in [-0.05, 0) is 29.3 Å². The third-order valence-electron chi connectivity index (χ3n) is 2.45. The molecule has 0 aliphatic rings. The number of carboxylic acid groups (broad SMARTS) is 1. The monoisotopic (exact) mass is 229 g/mol. The number of pyridine rings is 1. The second-order valence-electron chi connectivity index (χ2n) is 3.45. The summed E-state index contributed by atoms with van der Waals surface area (Å²) in [6.45, 7) is 0. The van der Waals surface area contributed by atoms with E-state index in [4.69, 9.17) is 9.84 Å². The van der Waals surface area contributed by atoms with Gasteiger partial charge in [0.25, 0.3) is 0 Å². The Morgan fingerprint density at radius 1 is 1.24 bits per heavy atom. The number of carbonyl (C=O) groups is 1. The fourth-order valence-corrected chi connectivity index (χ4v) is 1.59. The van der Waals surface area contributed by atoms with Crippen molar-refractivity contribution in [3.8, 4) is 16.9 Å². The zero-order chi connectivity index (χ0) is 12.3. The summed E-state index contributed by atoms with van der Waals surface area (Å²) in [4.78, 5) is 14.9. The van der Waals surface area contributed by atoms with E-state index in [2.05, 4.69) is 4.98 Å². The Morgan fingerprint density at radius 3 is 2.53 bits per heavy atom. The molecule has 2 aromatic rings. The second-order valence-corrected chi connectivity index (χ2v) is 3.45. The molecule has 0 fully saturated rings. The molecular weight excluding hydrogens is 218 g/mol. The van der Waals surface area contributed by atoms with Crippen LogP contribution < -0.4 is 4.74 Å². The lowest BCUT2D eigenvalue weighted by Gasteiger charge is -2.06. The SMILES string of the molecule is COc1ccc(-c2ccncc2C(=O)O)cc1. The number of methoxy groups -OCH3 is 1. The minimum Gasteiger partial charge on any atom is -0.497 e. The van der Waals surface area contributed by atoms with E-state index in [1.807, 2.05) is 12.1 Å². The number of nitrogens with zero attached hydrogens (tertiary/aromatic N) is 1. The van der Waals surface area contributed by atoms with Crippen LogP contribution in [0.15, 0.2) is 42.7 Å². The number of ether oxygens (including phenoxy) is 1. The molecule has 1 N–H and O–H groups in total. The van der Waals surface area contributed by atoms with Gasteiger partial charge in [-0.2, -0.15) is 0 Å². The van der Waals surface area contributed by atoms with Gasteiger partial charge < -0.3 is 9.84 Å². The van der Waals surface area contributed by atoms with Crippen molar-refractivity contribution in [3.63, 3.8) is 0 Å². The number of rotatable bonds is 3. The Labute approximate surface area is 98.5 Å². The first-order chi connectivity index (χ1) is 8.22. The van der Waals surface area contributed by atoms with E-state index in [-0.39, 0.29) is 5.56 Å². The van der Waals surface area contributed by atoms with E-state index in [1.54, 1.807) is 31.5 Å². The average molecular weight is 229 g/mol.